The Labute approximate surface area is 57.0 Å². The number of fused-ring (bicyclic) bond motifs is 1. The number of rotatable bonds is 0. The summed E-state index contributed by atoms with van der Waals surface area (Å²) in [7, 11) is 0. The Bertz CT molecular complexity index is 133. The van der Waals surface area contributed by atoms with Gasteiger partial charge < -0.3 is 0 Å². The fourth-order valence-electron chi connectivity index (χ4n) is 1.98. The lowest BCUT2D eigenvalue weighted by atomic mass is 9.90. The fraction of sp³-hybridized carbons (Fsp3) is 0.667. The van der Waals surface area contributed by atoms with Crippen molar-refractivity contribution in [2.75, 3.05) is 0 Å². The van der Waals surface area contributed by atoms with Crippen molar-refractivity contribution in [1.82, 2.24) is 0 Å². The molecule has 0 aromatic heterocycles. The van der Waals surface area contributed by atoms with E-state index in [-0.39, 0.29) is 0 Å². The van der Waals surface area contributed by atoms with Gasteiger partial charge in [0, 0.05) is 0 Å². The van der Waals surface area contributed by atoms with Crippen molar-refractivity contribution in [1.29, 1.82) is 0 Å². The van der Waals surface area contributed by atoms with Gasteiger partial charge >= 0.3 is 0 Å². The number of allylic oxidation sites excluding steroid dienone is 2. The second kappa shape index (κ2) is 2.17. The Balaban J connectivity index is 2.16. The van der Waals surface area contributed by atoms with Crippen LogP contribution in [0.2, 0.25) is 0 Å². The molecule has 1 unspecified atom stereocenters. The Morgan fingerprint density at radius 3 is 3.11 bits per heavy atom. The summed E-state index contributed by atoms with van der Waals surface area (Å²) in [5.41, 5.74) is 1.67. The predicted octanol–water partition coefficient (Wildman–Crippen LogP) is 2.71. The predicted molar refractivity (Wildman–Crippen MR) is 39.0 cm³/mol. The van der Waals surface area contributed by atoms with Gasteiger partial charge in [0.25, 0.3) is 0 Å². The van der Waals surface area contributed by atoms with Gasteiger partial charge in [-0.1, -0.05) is 11.6 Å². The zero-order valence-corrected chi connectivity index (χ0v) is 5.77. The van der Waals surface area contributed by atoms with Crippen molar-refractivity contribution in [3.63, 3.8) is 0 Å². The molecule has 0 heteroatoms. The van der Waals surface area contributed by atoms with Crippen LogP contribution in [0.4, 0.5) is 0 Å². The molecule has 1 atom stereocenters. The topological polar surface area (TPSA) is 0 Å². The molecule has 9 heavy (non-hydrogen) atoms. The second-order valence-corrected chi connectivity index (χ2v) is 3.11. The van der Waals surface area contributed by atoms with Gasteiger partial charge in [-0.15, -0.1) is 0 Å². The average molecular weight is 121 g/mol. The van der Waals surface area contributed by atoms with E-state index in [2.05, 4.69) is 12.5 Å². The first-order chi connectivity index (χ1) is 4.47. The van der Waals surface area contributed by atoms with E-state index < -0.39 is 0 Å². The molecule has 2 aliphatic rings. The quantitative estimate of drug-likeness (QED) is 0.462. The van der Waals surface area contributed by atoms with Crippen LogP contribution in [0.3, 0.4) is 0 Å². The van der Waals surface area contributed by atoms with Crippen LogP contribution in [0.1, 0.15) is 32.1 Å². The molecule has 0 aliphatic heterocycles. The Hall–Kier alpha value is -0.260. The standard InChI is InChI=1S/C9H13/c1-2-5-9-7-3-6-8(9)4-1/h4,6,9H,1-3,5,7H2. The molecule has 2 rings (SSSR count). The SMILES string of the molecule is [CH]1CCC2CCCC=C12. The van der Waals surface area contributed by atoms with Crippen molar-refractivity contribution in [3.8, 4) is 0 Å². The van der Waals surface area contributed by atoms with Crippen molar-refractivity contribution >= 4 is 0 Å². The zero-order chi connectivity index (χ0) is 6.10. The van der Waals surface area contributed by atoms with E-state index in [1.165, 1.54) is 32.1 Å². The molecule has 1 fully saturated rings. The second-order valence-electron chi connectivity index (χ2n) is 3.11. The van der Waals surface area contributed by atoms with Crippen molar-refractivity contribution < 1.29 is 0 Å². The molecule has 0 aromatic carbocycles. The molecular weight excluding hydrogens is 108 g/mol. The van der Waals surface area contributed by atoms with Gasteiger partial charge in [-0.2, -0.15) is 0 Å². The van der Waals surface area contributed by atoms with E-state index >= 15 is 0 Å². The van der Waals surface area contributed by atoms with Crippen LogP contribution in [-0.2, 0) is 0 Å². The number of hydrogen-bond donors (Lipinski definition) is 0. The van der Waals surface area contributed by atoms with Crippen LogP contribution < -0.4 is 0 Å². The van der Waals surface area contributed by atoms with E-state index in [9.17, 15) is 0 Å². The molecule has 0 amide bonds. The fourth-order valence-corrected chi connectivity index (χ4v) is 1.98. The highest BCUT2D eigenvalue weighted by Gasteiger charge is 2.22. The molecule has 1 radical (unpaired) electrons. The summed E-state index contributed by atoms with van der Waals surface area (Å²) < 4.78 is 0. The summed E-state index contributed by atoms with van der Waals surface area (Å²) in [5.74, 6) is 0.971. The van der Waals surface area contributed by atoms with Crippen molar-refractivity contribution in [3.05, 3.63) is 18.1 Å². The maximum absolute atomic E-state index is 2.43. The lowest BCUT2D eigenvalue weighted by molar-refractivity contribution is 0.526. The first-order valence-electron chi connectivity index (χ1n) is 4.00. The average Bonchev–Trinajstić information content (AvgIpc) is 2.33. The van der Waals surface area contributed by atoms with Gasteiger partial charge in [-0.25, -0.2) is 0 Å². The van der Waals surface area contributed by atoms with Gasteiger partial charge in [-0.05, 0) is 44.4 Å². The molecule has 2 aliphatic carbocycles. The first kappa shape index (κ1) is 5.52. The van der Waals surface area contributed by atoms with Crippen LogP contribution in [0.25, 0.3) is 0 Å². The van der Waals surface area contributed by atoms with Crippen LogP contribution in [0, 0.1) is 12.3 Å². The molecule has 0 heterocycles. The summed E-state index contributed by atoms with van der Waals surface area (Å²) in [6, 6.07) is 0. The van der Waals surface area contributed by atoms with Crippen LogP contribution in [0.5, 0.6) is 0 Å². The molecular formula is C9H13. The molecule has 0 N–H and O–H groups in total. The van der Waals surface area contributed by atoms with Gasteiger partial charge in [0.2, 0.25) is 0 Å². The largest absolute Gasteiger partial charge is 0.0847 e. The zero-order valence-electron chi connectivity index (χ0n) is 5.77. The van der Waals surface area contributed by atoms with Crippen LogP contribution in [0.15, 0.2) is 11.6 Å². The smallest absolute Gasteiger partial charge is 0.0134 e. The van der Waals surface area contributed by atoms with Crippen LogP contribution >= 0.6 is 0 Å². The molecule has 0 saturated heterocycles. The maximum atomic E-state index is 2.43. The molecule has 0 aromatic rings. The summed E-state index contributed by atoms with van der Waals surface area (Å²) in [6.45, 7) is 0. The third kappa shape index (κ3) is 0.910. The first-order valence-corrected chi connectivity index (χ1v) is 4.00. The van der Waals surface area contributed by atoms with E-state index in [1.807, 2.05) is 0 Å². The van der Waals surface area contributed by atoms with E-state index in [1.54, 1.807) is 5.57 Å². The van der Waals surface area contributed by atoms with Gasteiger partial charge in [0.05, 0.1) is 0 Å². The normalized spacial score (nSPS) is 33.8. The monoisotopic (exact) mass is 121 g/mol. The molecule has 0 nitrogen and oxygen atoms in total. The van der Waals surface area contributed by atoms with Gasteiger partial charge in [0.15, 0.2) is 0 Å². The minimum atomic E-state index is 0.971. The van der Waals surface area contributed by atoms with Gasteiger partial charge in [0.1, 0.15) is 0 Å². The van der Waals surface area contributed by atoms with Gasteiger partial charge in [-0.3, -0.25) is 0 Å². The van der Waals surface area contributed by atoms with E-state index in [0.717, 1.165) is 5.92 Å². The molecule has 0 spiro atoms. The summed E-state index contributed by atoms with van der Waals surface area (Å²) in [6.07, 6.45) is 11.9. The van der Waals surface area contributed by atoms with E-state index in [0.29, 0.717) is 0 Å². The molecule has 1 saturated carbocycles. The summed E-state index contributed by atoms with van der Waals surface area (Å²) in [4.78, 5) is 0. The molecule has 49 valence electrons. The highest BCUT2D eigenvalue weighted by Crippen LogP contribution is 2.37. The third-order valence-electron chi connectivity index (χ3n) is 2.50. The minimum absolute atomic E-state index is 0.971. The van der Waals surface area contributed by atoms with Crippen molar-refractivity contribution in [2.24, 2.45) is 5.92 Å². The maximum Gasteiger partial charge on any atom is -0.0134 e. The Morgan fingerprint density at radius 1 is 1.22 bits per heavy atom. The lowest BCUT2D eigenvalue weighted by Crippen LogP contribution is -2.00. The minimum Gasteiger partial charge on any atom is -0.0847 e. The van der Waals surface area contributed by atoms with E-state index in [4.69, 9.17) is 0 Å². The van der Waals surface area contributed by atoms with Crippen molar-refractivity contribution in [2.45, 2.75) is 32.1 Å². The summed E-state index contributed by atoms with van der Waals surface area (Å²) in [5, 5.41) is 0. The molecule has 0 bridgehead atoms. The Kier molecular flexibility index (Phi) is 1.33. The highest BCUT2D eigenvalue weighted by atomic mass is 14.3. The van der Waals surface area contributed by atoms with Crippen LogP contribution in [-0.4, -0.2) is 0 Å². The third-order valence-corrected chi connectivity index (χ3v) is 2.50. The Morgan fingerprint density at radius 2 is 2.22 bits per heavy atom. The highest BCUT2D eigenvalue weighted by molar-refractivity contribution is 5.23. The summed E-state index contributed by atoms with van der Waals surface area (Å²) >= 11 is 0. The lowest BCUT2D eigenvalue weighted by Gasteiger charge is -2.15. The number of hydrogen-bond acceptors (Lipinski definition) is 0.